The van der Waals surface area contributed by atoms with Crippen LogP contribution in [-0.2, 0) is 21.3 Å². The fourth-order valence-corrected chi connectivity index (χ4v) is 5.63. The topological polar surface area (TPSA) is 97.7 Å². The van der Waals surface area contributed by atoms with Gasteiger partial charge in [0.1, 0.15) is 5.75 Å². The number of nitrogens with zero attached hydrogens (tertiary/aromatic N) is 3. The van der Waals surface area contributed by atoms with Crippen molar-refractivity contribution in [2.75, 3.05) is 36.7 Å². The van der Waals surface area contributed by atoms with Crippen LogP contribution < -0.4 is 19.7 Å². The van der Waals surface area contributed by atoms with Crippen molar-refractivity contribution in [3.63, 3.8) is 0 Å². The van der Waals surface area contributed by atoms with Gasteiger partial charge in [-0.2, -0.15) is 0 Å². The Bertz CT molecular complexity index is 1360. The molecule has 1 aromatic carbocycles. The van der Waals surface area contributed by atoms with Gasteiger partial charge in [0, 0.05) is 43.0 Å². The first-order valence-corrected chi connectivity index (χ1v) is 13.8. The quantitative estimate of drug-likeness (QED) is 0.405. The summed E-state index contributed by atoms with van der Waals surface area (Å²) in [7, 11) is -0.267. The van der Waals surface area contributed by atoms with E-state index in [0.717, 1.165) is 41.1 Å². The Morgan fingerprint density at radius 3 is 2.58 bits per heavy atom. The molecule has 1 saturated heterocycles. The lowest BCUT2D eigenvalue weighted by molar-refractivity contribution is 0.186. The number of thiocarbonyl (C=S) groups is 1. The maximum atomic E-state index is 11.8. The highest BCUT2D eigenvalue weighted by Gasteiger charge is 2.42. The average molecular weight is 530 g/mol. The first-order chi connectivity index (χ1) is 17.1. The summed E-state index contributed by atoms with van der Waals surface area (Å²) in [5, 5.41) is 4.01. The van der Waals surface area contributed by atoms with Crippen molar-refractivity contribution in [3.8, 4) is 5.75 Å². The van der Waals surface area contributed by atoms with Crippen LogP contribution in [0.2, 0.25) is 0 Å². The summed E-state index contributed by atoms with van der Waals surface area (Å²) in [5.74, 6) is 0.395. The Morgan fingerprint density at radius 1 is 1.17 bits per heavy atom. The number of hydrogen-bond donors (Lipinski definition) is 2. The standard InChI is InChI=1S/C25H31N5O4S2/c1-16-14-19(17(2)29(16)12-13-33-3)24-23(21-8-6-7-11-26-21)27-25(35)30(24)18-9-10-20(22(15-18)34-4)28-36(5,31)32/h6-11,14-15,23-24,28H,12-13H2,1-5H3,(H,27,35)/t23-,24+/m0/s1. The summed E-state index contributed by atoms with van der Waals surface area (Å²) in [6.45, 7) is 5.54. The fourth-order valence-electron chi connectivity index (χ4n) is 4.72. The first kappa shape index (κ1) is 25.9. The zero-order valence-corrected chi connectivity index (χ0v) is 22.6. The second-order valence-corrected chi connectivity index (χ2v) is 10.9. The smallest absolute Gasteiger partial charge is 0.229 e. The van der Waals surface area contributed by atoms with Gasteiger partial charge in [0.2, 0.25) is 10.0 Å². The van der Waals surface area contributed by atoms with Crippen LogP contribution in [0, 0.1) is 13.8 Å². The first-order valence-electron chi connectivity index (χ1n) is 11.5. The lowest BCUT2D eigenvalue weighted by atomic mass is 9.96. The van der Waals surface area contributed by atoms with E-state index in [2.05, 4.69) is 39.5 Å². The van der Waals surface area contributed by atoms with Gasteiger partial charge in [-0.25, -0.2) is 8.42 Å². The molecule has 1 aliphatic heterocycles. The number of sulfonamides is 1. The van der Waals surface area contributed by atoms with Crippen molar-refractivity contribution in [3.05, 3.63) is 71.3 Å². The molecule has 1 aliphatic rings. The van der Waals surface area contributed by atoms with Gasteiger partial charge in [0.15, 0.2) is 5.11 Å². The van der Waals surface area contributed by atoms with Gasteiger partial charge in [-0.1, -0.05) is 6.07 Å². The molecule has 2 atom stereocenters. The van der Waals surface area contributed by atoms with Crippen molar-refractivity contribution in [1.82, 2.24) is 14.9 Å². The highest BCUT2D eigenvalue weighted by Crippen LogP contribution is 2.44. The molecule has 4 rings (SSSR count). The number of ether oxygens (including phenoxy) is 2. The molecule has 1 fully saturated rings. The highest BCUT2D eigenvalue weighted by atomic mass is 32.2. The largest absolute Gasteiger partial charge is 0.494 e. The predicted octanol–water partition coefficient (Wildman–Crippen LogP) is 3.70. The van der Waals surface area contributed by atoms with Gasteiger partial charge in [0.05, 0.1) is 43.4 Å². The van der Waals surface area contributed by atoms with Gasteiger partial charge in [0.25, 0.3) is 0 Å². The summed E-state index contributed by atoms with van der Waals surface area (Å²) in [4.78, 5) is 6.66. The third-order valence-electron chi connectivity index (χ3n) is 6.31. The third-order valence-corrected chi connectivity index (χ3v) is 7.21. The number of rotatable bonds is 9. The fraction of sp³-hybridized carbons (Fsp3) is 0.360. The molecule has 0 bridgehead atoms. The summed E-state index contributed by atoms with van der Waals surface area (Å²) in [6.07, 6.45) is 2.88. The van der Waals surface area contributed by atoms with Crippen LogP contribution in [0.5, 0.6) is 5.75 Å². The number of aryl methyl sites for hydroxylation is 1. The monoisotopic (exact) mass is 529 g/mol. The van der Waals surface area contributed by atoms with Gasteiger partial charge in [-0.15, -0.1) is 0 Å². The Balaban J connectivity index is 1.84. The number of methoxy groups -OCH3 is 2. The number of pyridine rings is 1. The molecule has 9 nitrogen and oxygen atoms in total. The van der Waals surface area contributed by atoms with Crippen LogP contribution in [-0.4, -0.2) is 50.2 Å². The SMILES string of the molecule is COCCn1c(C)cc([C@@H]2[C@H](c3ccccn3)NC(=S)N2c2ccc(NS(C)(=O)=O)c(OC)c2)c1C. The van der Waals surface area contributed by atoms with Crippen LogP contribution >= 0.6 is 12.2 Å². The zero-order chi connectivity index (χ0) is 26.0. The van der Waals surface area contributed by atoms with E-state index >= 15 is 0 Å². The molecule has 11 heteroatoms. The van der Waals surface area contributed by atoms with Crippen LogP contribution in [0.15, 0.2) is 48.7 Å². The third kappa shape index (κ3) is 5.18. The van der Waals surface area contributed by atoms with E-state index in [1.165, 1.54) is 7.11 Å². The van der Waals surface area contributed by atoms with Crippen molar-refractivity contribution >= 4 is 38.7 Å². The molecule has 3 aromatic rings. The molecule has 0 saturated carbocycles. The number of benzene rings is 1. The normalized spacial score (nSPS) is 17.8. The molecule has 3 heterocycles. The summed E-state index contributed by atoms with van der Waals surface area (Å²) in [5.41, 5.74) is 5.36. The lowest BCUT2D eigenvalue weighted by Crippen LogP contribution is -2.29. The Morgan fingerprint density at radius 2 is 1.94 bits per heavy atom. The van der Waals surface area contributed by atoms with Crippen LogP contribution in [0.1, 0.15) is 34.7 Å². The number of aromatic nitrogens is 2. The molecule has 36 heavy (non-hydrogen) atoms. The Labute approximate surface area is 217 Å². The van der Waals surface area contributed by atoms with E-state index in [4.69, 9.17) is 21.7 Å². The molecule has 0 unspecified atom stereocenters. The molecule has 0 spiro atoms. The molecule has 0 aliphatic carbocycles. The maximum absolute atomic E-state index is 11.8. The van der Waals surface area contributed by atoms with Gasteiger partial charge < -0.3 is 24.3 Å². The minimum absolute atomic E-state index is 0.199. The van der Waals surface area contributed by atoms with E-state index in [9.17, 15) is 8.42 Å². The number of hydrogen-bond acceptors (Lipinski definition) is 6. The molecular formula is C25H31N5O4S2. The van der Waals surface area contributed by atoms with Gasteiger partial charge in [-0.3, -0.25) is 9.71 Å². The molecule has 192 valence electrons. The second kappa shape index (κ2) is 10.5. The van der Waals surface area contributed by atoms with Crippen LogP contribution in [0.4, 0.5) is 11.4 Å². The summed E-state index contributed by atoms with van der Waals surface area (Å²) >= 11 is 5.84. The van der Waals surface area contributed by atoms with Gasteiger partial charge in [-0.05, 0) is 62.0 Å². The number of anilines is 2. The summed E-state index contributed by atoms with van der Waals surface area (Å²) < 4.78 is 39.2. The van der Waals surface area contributed by atoms with Crippen molar-refractivity contribution < 1.29 is 17.9 Å². The zero-order valence-electron chi connectivity index (χ0n) is 21.0. The van der Waals surface area contributed by atoms with E-state index < -0.39 is 10.0 Å². The van der Waals surface area contributed by atoms with E-state index in [0.29, 0.717) is 23.2 Å². The van der Waals surface area contributed by atoms with Crippen molar-refractivity contribution in [2.24, 2.45) is 0 Å². The van der Waals surface area contributed by atoms with E-state index in [1.54, 1.807) is 25.4 Å². The maximum Gasteiger partial charge on any atom is 0.229 e. The minimum atomic E-state index is -3.47. The molecular weight excluding hydrogens is 498 g/mol. The Hall–Kier alpha value is -3.15. The molecule has 0 radical (unpaired) electrons. The lowest BCUT2D eigenvalue weighted by Gasteiger charge is -2.29. The molecule has 2 N–H and O–H groups in total. The summed E-state index contributed by atoms with van der Waals surface area (Å²) in [6, 6.07) is 12.9. The van der Waals surface area contributed by atoms with Crippen molar-refractivity contribution in [1.29, 1.82) is 0 Å². The van der Waals surface area contributed by atoms with Crippen LogP contribution in [0.25, 0.3) is 0 Å². The molecule has 0 amide bonds. The second-order valence-electron chi connectivity index (χ2n) is 8.73. The minimum Gasteiger partial charge on any atom is -0.494 e. The number of nitrogens with one attached hydrogen (secondary N) is 2. The Kier molecular flexibility index (Phi) is 7.53. The van der Waals surface area contributed by atoms with Gasteiger partial charge >= 0.3 is 0 Å². The van der Waals surface area contributed by atoms with E-state index in [1.807, 2.05) is 29.2 Å². The predicted molar refractivity (Wildman–Crippen MR) is 145 cm³/mol. The van der Waals surface area contributed by atoms with Crippen molar-refractivity contribution in [2.45, 2.75) is 32.5 Å². The van der Waals surface area contributed by atoms with E-state index in [-0.39, 0.29) is 12.1 Å². The highest BCUT2D eigenvalue weighted by molar-refractivity contribution is 7.92. The average Bonchev–Trinajstić information content (AvgIpc) is 3.32. The van der Waals surface area contributed by atoms with Crippen LogP contribution in [0.3, 0.4) is 0 Å². The molecule has 2 aromatic heterocycles.